The van der Waals surface area contributed by atoms with Crippen molar-refractivity contribution in [1.82, 2.24) is 20.5 Å². The summed E-state index contributed by atoms with van der Waals surface area (Å²) in [6, 6.07) is 15.7. The van der Waals surface area contributed by atoms with Crippen LogP contribution in [0.4, 0.5) is 5.69 Å². The highest BCUT2D eigenvalue weighted by atomic mass is 35.5. The first-order chi connectivity index (χ1) is 19.9. The summed E-state index contributed by atoms with van der Waals surface area (Å²) in [5.74, 6) is -0.184. The monoisotopic (exact) mass is 595 g/mol. The molecule has 1 aliphatic heterocycles. The molecule has 1 aliphatic rings. The minimum Gasteiger partial charge on any atom is -0.481 e. The number of nitrogens with zero attached hydrogens (tertiary/aromatic N) is 2. The molecule has 5 rings (SSSR count). The number of carbonyl (C=O) groups excluding carboxylic acids is 1. The van der Waals surface area contributed by atoms with Gasteiger partial charge >= 0.3 is 0 Å². The second kappa shape index (κ2) is 12.8. The van der Waals surface area contributed by atoms with Gasteiger partial charge in [-0.2, -0.15) is 5.10 Å². The van der Waals surface area contributed by atoms with Crippen LogP contribution in [0.1, 0.15) is 22.3 Å². The predicted octanol–water partition coefficient (Wildman–Crippen LogP) is 4.31. The van der Waals surface area contributed by atoms with Crippen LogP contribution in [0.5, 0.6) is 5.88 Å². The van der Waals surface area contributed by atoms with Crippen LogP contribution in [-0.4, -0.2) is 58.7 Å². The molecular weight excluding hydrogens is 569 g/mol. The maximum atomic E-state index is 12.7. The maximum absolute atomic E-state index is 12.7. The Balaban J connectivity index is 1.41. The van der Waals surface area contributed by atoms with E-state index < -0.39 is 17.6 Å². The van der Waals surface area contributed by atoms with Gasteiger partial charge in [0, 0.05) is 47.6 Å². The molecule has 0 radical (unpaired) electrons. The van der Waals surface area contributed by atoms with Crippen LogP contribution in [0.15, 0.2) is 65.6 Å². The van der Waals surface area contributed by atoms with Crippen molar-refractivity contribution in [2.45, 2.75) is 25.1 Å². The number of anilines is 1. The lowest BCUT2D eigenvalue weighted by molar-refractivity contribution is -0.0281. The number of ether oxygens (including phenoxy) is 2. The fourth-order valence-corrected chi connectivity index (χ4v) is 5.22. The number of rotatable bonds is 8. The van der Waals surface area contributed by atoms with Gasteiger partial charge in [0.25, 0.3) is 11.5 Å². The minimum atomic E-state index is -0.621. The van der Waals surface area contributed by atoms with E-state index in [2.05, 4.69) is 20.8 Å². The van der Waals surface area contributed by atoms with Gasteiger partial charge in [-0.15, -0.1) is 0 Å². The third-order valence-electron chi connectivity index (χ3n) is 6.80. The number of aromatic amines is 1. The Hall–Kier alpha value is -3.80. The molecule has 4 aromatic rings. The van der Waals surface area contributed by atoms with Gasteiger partial charge < -0.3 is 25.2 Å². The summed E-state index contributed by atoms with van der Waals surface area (Å²) < 4.78 is 10.9. The highest BCUT2D eigenvalue weighted by Crippen LogP contribution is 2.41. The van der Waals surface area contributed by atoms with E-state index >= 15 is 0 Å². The number of amides is 1. The van der Waals surface area contributed by atoms with Crippen molar-refractivity contribution in [2.24, 2.45) is 0 Å². The standard InChI is InChI=1S/C29H27Cl2N5O5/c1-40-29-16(14-32-22-11-13-41-15-24(22)37)8-9-21(35-29)19-6-2-4-17(25(19)30)18-5-3-7-23(26(18)31)34-27(38)20-10-12-33-36-28(20)39/h2-10,12,22,24,32,37H,11,13-15H2,1H3,(H,34,38)(H,36,39)/t22-,24+/m1/s1. The van der Waals surface area contributed by atoms with E-state index in [1.165, 1.54) is 12.3 Å². The molecule has 2 atom stereocenters. The van der Waals surface area contributed by atoms with Crippen LogP contribution in [0.25, 0.3) is 22.4 Å². The molecule has 212 valence electrons. The van der Waals surface area contributed by atoms with E-state index in [-0.39, 0.29) is 16.6 Å². The first kappa shape index (κ1) is 28.7. The Labute approximate surface area is 245 Å². The van der Waals surface area contributed by atoms with Crippen molar-refractivity contribution in [3.8, 4) is 28.3 Å². The summed E-state index contributed by atoms with van der Waals surface area (Å²) in [5.41, 5.74) is 2.93. The first-order valence-corrected chi connectivity index (χ1v) is 13.6. The molecule has 0 saturated carbocycles. The molecule has 2 aromatic heterocycles. The lowest BCUT2D eigenvalue weighted by atomic mass is 10.00. The smallest absolute Gasteiger partial charge is 0.277 e. The van der Waals surface area contributed by atoms with Crippen molar-refractivity contribution in [3.63, 3.8) is 0 Å². The molecular formula is C29H27Cl2N5O5. The van der Waals surface area contributed by atoms with Crippen molar-refractivity contribution in [2.75, 3.05) is 25.6 Å². The van der Waals surface area contributed by atoms with E-state index in [4.69, 9.17) is 37.7 Å². The Morgan fingerprint density at radius 2 is 1.85 bits per heavy atom. The Morgan fingerprint density at radius 3 is 2.61 bits per heavy atom. The quantitative estimate of drug-likeness (QED) is 0.236. The summed E-state index contributed by atoms with van der Waals surface area (Å²) in [6.07, 6.45) is 1.47. The third kappa shape index (κ3) is 6.27. The topological polar surface area (TPSA) is 138 Å². The summed E-state index contributed by atoms with van der Waals surface area (Å²) in [7, 11) is 1.55. The van der Waals surface area contributed by atoms with Crippen LogP contribution in [0.3, 0.4) is 0 Å². The number of methoxy groups -OCH3 is 1. The normalized spacial score (nSPS) is 16.8. The maximum Gasteiger partial charge on any atom is 0.277 e. The van der Waals surface area contributed by atoms with E-state index in [9.17, 15) is 14.7 Å². The largest absolute Gasteiger partial charge is 0.481 e. The molecule has 41 heavy (non-hydrogen) atoms. The van der Waals surface area contributed by atoms with E-state index in [0.29, 0.717) is 65.2 Å². The lowest BCUT2D eigenvalue weighted by Gasteiger charge is -2.28. The molecule has 2 aromatic carbocycles. The molecule has 12 heteroatoms. The van der Waals surface area contributed by atoms with Gasteiger partial charge in [-0.05, 0) is 24.6 Å². The Morgan fingerprint density at radius 1 is 1.10 bits per heavy atom. The Kier molecular flexibility index (Phi) is 8.96. The zero-order valence-electron chi connectivity index (χ0n) is 22.0. The van der Waals surface area contributed by atoms with Crippen LogP contribution in [-0.2, 0) is 11.3 Å². The van der Waals surface area contributed by atoms with Crippen LogP contribution in [0, 0.1) is 0 Å². The number of aromatic nitrogens is 3. The van der Waals surface area contributed by atoms with Crippen molar-refractivity contribution >= 4 is 34.8 Å². The zero-order valence-corrected chi connectivity index (χ0v) is 23.5. The highest BCUT2D eigenvalue weighted by Gasteiger charge is 2.24. The van der Waals surface area contributed by atoms with Gasteiger partial charge in [0.2, 0.25) is 5.88 Å². The van der Waals surface area contributed by atoms with Gasteiger partial charge in [-0.1, -0.05) is 59.6 Å². The molecule has 3 heterocycles. The zero-order chi connectivity index (χ0) is 28.9. The molecule has 0 bridgehead atoms. The molecule has 1 fully saturated rings. The van der Waals surface area contributed by atoms with E-state index in [1.54, 1.807) is 25.3 Å². The lowest BCUT2D eigenvalue weighted by Crippen LogP contribution is -2.46. The number of H-pyrrole nitrogens is 1. The van der Waals surface area contributed by atoms with E-state index in [1.807, 2.05) is 30.3 Å². The number of aliphatic hydroxyl groups is 1. The highest BCUT2D eigenvalue weighted by molar-refractivity contribution is 6.39. The minimum absolute atomic E-state index is 0.0741. The van der Waals surface area contributed by atoms with Crippen molar-refractivity contribution in [3.05, 3.63) is 92.3 Å². The van der Waals surface area contributed by atoms with E-state index in [0.717, 1.165) is 5.56 Å². The van der Waals surface area contributed by atoms with Crippen LogP contribution < -0.4 is 20.9 Å². The third-order valence-corrected chi connectivity index (χ3v) is 7.61. The number of hydrogen-bond donors (Lipinski definition) is 4. The molecule has 1 amide bonds. The summed E-state index contributed by atoms with van der Waals surface area (Å²) in [5, 5.41) is 22.7. The summed E-state index contributed by atoms with van der Waals surface area (Å²) in [6.45, 7) is 1.37. The van der Waals surface area contributed by atoms with Gasteiger partial charge in [-0.25, -0.2) is 10.1 Å². The molecule has 10 nitrogen and oxygen atoms in total. The average molecular weight is 596 g/mol. The number of nitrogens with one attached hydrogen (secondary N) is 3. The van der Waals surface area contributed by atoms with Crippen LogP contribution >= 0.6 is 23.2 Å². The number of pyridine rings is 1. The second-order valence-corrected chi connectivity index (χ2v) is 10.1. The predicted molar refractivity (Wildman–Crippen MR) is 157 cm³/mol. The van der Waals surface area contributed by atoms with Crippen molar-refractivity contribution < 1.29 is 19.4 Å². The van der Waals surface area contributed by atoms with Crippen LogP contribution in [0.2, 0.25) is 10.0 Å². The molecule has 0 unspecified atom stereocenters. The number of aliphatic hydroxyl groups excluding tert-OH is 1. The molecule has 0 spiro atoms. The number of benzene rings is 2. The van der Waals surface area contributed by atoms with Gasteiger partial charge in [-0.3, -0.25) is 9.59 Å². The number of carbonyl (C=O) groups is 1. The first-order valence-electron chi connectivity index (χ1n) is 12.8. The summed E-state index contributed by atoms with van der Waals surface area (Å²) in [4.78, 5) is 29.4. The summed E-state index contributed by atoms with van der Waals surface area (Å²) >= 11 is 13.6. The fraction of sp³-hybridized carbons (Fsp3) is 0.241. The second-order valence-electron chi connectivity index (χ2n) is 9.37. The average Bonchev–Trinajstić information content (AvgIpc) is 2.98. The molecule has 1 saturated heterocycles. The SMILES string of the molecule is COc1nc(-c2cccc(-c3cccc(NC(=O)c4ccn[nH]c4=O)c3Cl)c2Cl)ccc1CN[C@@H]1CCOC[C@@H]1O. The molecule has 4 N–H and O–H groups in total. The number of hydrogen-bond acceptors (Lipinski definition) is 8. The van der Waals surface area contributed by atoms with Gasteiger partial charge in [0.15, 0.2) is 0 Å². The molecule has 0 aliphatic carbocycles. The Bertz CT molecular complexity index is 1630. The number of halogens is 2. The van der Waals surface area contributed by atoms with Crippen molar-refractivity contribution in [1.29, 1.82) is 0 Å². The fourth-order valence-electron chi connectivity index (χ4n) is 4.62. The van der Waals surface area contributed by atoms with Gasteiger partial charge in [0.05, 0.1) is 41.2 Å². The van der Waals surface area contributed by atoms with Gasteiger partial charge in [0.1, 0.15) is 5.56 Å².